The molecule has 0 saturated heterocycles. The van der Waals surface area contributed by atoms with E-state index in [1.807, 2.05) is 12.1 Å². The van der Waals surface area contributed by atoms with Crippen LogP contribution >= 0.6 is 0 Å². The van der Waals surface area contributed by atoms with E-state index in [1.54, 1.807) is 7.11 Å². The first kappa shape index (κ1) is 11.2. The number of rotatable bonds is 3. The molecule has 0 spiro atoms. The molecule has 0 radical (unpaired) electrons. The smallest absolute Gasteiger partial charge is 0.257 e. The van der Waals surface area contributed by atoms with E-state index in [9.17, 15) is 0 Å². The van der Waals surface area contributed by atoms with Gasteiger partial charge < -0.3 is 9.26 Å². The minimum Gasteiger partial charge on any atom is -0.481 e. The molecule has 0 unspecified atom stereocenters. The van der Waals surface area contributed by atoms with Gasteiger partial charge in [-0.25, -0.2) is 4.98 Å². The van der Waals surface area contributed by atoms with Crippen LogP contribution in [0.5, 0.6) is 5.88 Å². The summed E-state index contributed by atoms with van der Waals surface area (Å²) in [7, 11) is 1.62. The maximum Gasteiger partial charge on any atom is 0.257 e. The zero-order chi connectivity index (χ0) is 12.4. The standard InChI is InChI=1S/C13H15N3O2/c1-17-12-7-10(13-14-8-15-18-13)6-11(16-12)9-4-2-3-5-9/h6-9H,2-5H2,1H3. The summed E-state index contributed by atoms with van der Waals surface area (Å²) in [4.78, 5) is 8.60. The number of methoxy groups -OCH3 is 1. The molecule has 0 N–H and O–H groups in total. The predicted molar refractivity (Wildman–Crippen MR) is 65.3 cm³/mol. The van der Waals surface area contributed by atoms with Gasteiger partial charge in [0.1, 0.15) is 0 Å². The third-order valence-electron chi connectivity index (χ3n) is 3.41. The summed E-state index contributed by atoms with van der Waals surface area (Å²) >= 11 is 0. The Kier molecular flexibility index (Phi) is 2.96. The van der Waals surface area contributed by atoms with Crippen molar-refractivity contribution >= 4 is 0 Å². The molecular formula is C13H15N3O2. The van der Waals surface area contributed by atoms with Gasteiger partial charge >= 0.3 is 0 Å². The minimum absolute atomic E-state index is 0.509. The lowest BCUT2D eigenvalue weighted by molar-refractivity contribution is 0.394. The summed E-state index contributed by atoms with van der Waals surface area (Å²) in [5.41, 5.74) is 1.95. The van der Waals surface area contributed by atoms with Crippen molar-refractivity contribution in [3.8, 4) is 17.3 Å². The summed E-state index contributed by atoms with van der Waals surface area (Å²) in [6.45, 7) is 0. The largest absolute Gasteiger partial charge is 0.481 e. The number of hydrogen-bond acceptors (Lipinski definition) is 5. The van der Waals surface area contributed by atoms with Gasteiger partial charge in [-0.2, -0.15) is 4.98 Å². The number of pyridine rings is 1. The molecular weight excluding hydrogens is 230 g/mol. The molecule has 94 valence electrons. The third-order valence-corrected chi connectivity index (χ3v) is 3.41. The molecule has 1 saturated carbocycles. The van der Waals surface area contributed by atoms with E-state index < -0.39 is 0 Å². The average Bonchev–Trinajstić information content (AvgIpc) is 3.10. The lowest BCUT2D eigenvalue weighted by Crippen LogP contribution is -1.99. The highest BCUT2D eigenvalue weighted by Gasteiger charge is 2.20. The third kappa shape index (κ3) is 2.08. The number of hydrogen-bond donors (Lipinski definition) is 0. The van der Waals surface area contributed by atoms with Crippen LogP contribution in [0, 0.1) is 0 Å². The first-order valence-electron chi connectivity index (χ1n) is 6.20. The van der Waals surface area contributed by atoms with Crippen LogP contribution in [0.4, 0.5) is 0 Å². The van der Waals surface area contributed by atoms with Crippen LogP contribution in [0.25, 0.3) is 11.5 Å². The number of aromatic nitrogens is 3. The van der Waals surface area contributed by atoms with Crippen LogP contribution in [0.2, 0.25) is 0 Å². The maximum atomic E-state index is 5.25. The topological polar surface area (TPSA) is 61.0 Å². The fourth-order valence-corrected chi connectivity index (χ4v) is 2.48. The van der Waals surface area contributed by atoms with Gasteiger partial charge in [0.15, 0.2) is 6.33 Å². The highest BCUT2D eigenvalue weighted by molar-refractivity contribution is 5.55. The Hall–Kier alpha value is -1.91. The Morgan fingerprint density at radius 1 is 1.28 bits per heavy atom. The second-order valence-corrected chi connectivity index (χ2v) is 4.55. The Balaban J connectivity index is 2.01. The van der Waals surface area contributed by atoms with Gasteiger partial charge in [-0.3, -0.25) is 0 Å². The number of nitrogens with zero attached hydrogens (tertiary/aromatic N) is 3. The van der Waals surface area contributed by atoms with Crippen LogP contribution in [-0.4, -0.2) is 22.2 Å². The van der Waals surface area contributed by atoms with Crippen molar-refractivity contribution in [2.45, 2.75) is 31.6 Å². The van der Waals surface area contributed by atoms with E-state index in [4.69, 9.17) is 9.26 Å². The van der Waals surface area contributed by atoms with Gasteiger partial charge in [0.25, 0.3) is 5.89 Å². The summed E-state index contributed by atoms with van der Waals surface area (Å²) in [5.74, 6) is 1.64. The van der Waals surface area contributed by atoms with Gasteiger partial charge in [-0.1, -0.05) is 18.0 Å². The van der Waals surface area contributed by atoms with Gasteiger partial charge in [-0.15, -0.1) is 0 Å². The fraction of sp³-hybridized carbons (Fsp3) is 0.462. The molecule has 2 aromatic rings. The van der Waals surface area contributed by atoms with E-state index >= 15 is 0 Å². The molecule has 0 atom stereocenters. The zero-order valence-corrected chi connectivity index (χ0v) is 10.3. The quantitative estimate of drug-likeness (QED) is 0.832. The normalized spacial score (nSPS) is 16.1. The molecule has 3 rings (SSSR count). The lowest BCUT2D eigenvalue weighted by Gasteiger charge is -2.11. The van der Waals surface area contributed by atoms with Crippen LogP contribution in [-0.2, 0) is 0 Å². The molecule has 5 nitrogen and oxygen atoms in total. The Labute approximate surface area is 105 Å². The maximum absolute atomic E-state index is 5.25. The van der Waals surface area contributed by atoms with E-state index in [0.29, 0.717) is 17.7 Å². The van der Waals surface area contributed by atoms with Gasteiger partial charge in [0, 0.05) is 23.2 Å². The summed E-state index contributed by atoms with van der Waals surface area (Å²) in [5, 5.41) is 3.63. The second-order valence-electron chi connectivity index (χ2n) is 4.55. The van der Waals surface area contributed by atoms with Crippen LogP contribution in [0.15, 0.2) is 23.0 Å². The fourth-order valence-electron chi connectivity index (χ4n) is 2.48. The Bertz CT molecular complexity index is 519. The van der Waals surface area contributed by atoms with Crippen molar-refractivity contribution in [3.05, 3.63) is 24.2 Å². The minimum atomic E-state index is 0.509. The van der Waals surface area contributed by atoms with Crippen molar-refractivity contribution in [1.29, 1.82) is 0 Å². The summed E-state index contributed by atoms with van der Waals surface area (Å²) in [6, 6.07) is 3.86. The van der Waals surface area contributed by atoms with Crippen molar-refractivity contribution in [3.63, 3.8) is 0 Å². The molecule has 0 aliphatic heterocycles. The molecule has 1 aliphatic carbocycles. The van der Waals surface area contributed by atoms with Crippen molar-refractivity contribution in [1.82, 2.24) is 15.1 Å². The van der Waals surface area contributed by atoms with Crippen molar-refractivity contribution in [2.75, 3.05) is 7.11 Å². The van der Waals surface area contributed by atoms with E-state index in [-0.39, 0.29) is 0 Å². The summed E-state index contributed by atoms with van der Waals surface area (Å²) in [6.07, 6.45) is 6.35. The molecule has 2 heterocycles. The molecule has 0 aromatic carbocycles. The van der Waals surface area contributed by atoms with E-state index in [0.717, 1.165) is 11.3 Å². The molecule has 0 amide bonds. The van der Waals surface area contributed by atoms with Crippen LogP contribution < -0.4 is 4.74 Å². The summed E-state index contributed by atoms with van der Waals surface area (Å²) < 4.78 is 10.3. The highest BCUT2D eigenvalue weighted by Crippen LogP contribution is 2.35. The van der Waals surface area contributed by atoms with E-state index in [1.165, 1.54) is 32.0 Å². The lowest BCUT2D eigenvalue weighted by atomic mass is 10.0. The zero-order valence-electron chi connectivity index (χ0n) is 10.3. The van der Waals surface area contributed by atoms with Crippen LogP contribution in [0.3, 0.4) is 0 Å². The van der Waals surface area contributed by atoms with E-state index in [2.05, 4.69) is 15.1 Å². The first-order valence-corrected chi connectivity index (χ1v) is 6.20. The predicted octanol–water partition coefficient (Wildman–Crippen LogP) is 2.80. The molecule has 18 heavy (non-hydrogen) atoms. The van der Waals surface area contributed by atoms with Gasteiger partial charge in [-0.05, 0) is 18.9 Å². The Morgan fingerprint density at radius 3 is 2.78 bits per heavy atom. The molecule has 1 aliphatic rings. The highest BCUT2D eigenvalue weighted by atomic mass is 16.5. The van der Waals surface area contributed by atoms with Crippen molar-refractivity contribution < 1.29 is 9.26 Å². The monoisotopic (exact) mass is 245 g/mol. The molecule has 1 fully saturated rings. The molecule has 2 aromatic heterocycles. The second kappa shape index (κ2) is 4.76. The number of ether oxygens (including phenoxy) is 1. The van der Waals surface area contributed by atoms with Crippen molar-refractivity contribution in [2.24, 2.45) is 0 Å². The average molecular weight is 245 g/mol. The van der Waals surface area contributed by atoms with Gasteiger partial charge in [0.2, 0.25) is 5.88 Å². The Morgan fingerprint density at radius 2 is 2.11 bits per heavy atom. The van der Waals surface area contributed by atoms with Crippen LogP contribution in [0.1, 0.15) is 37.3 Å². The van der Waals surface area contributed by atoms with Gasteiger partial charge in [0.05, 0.1) is 7.11 Å². The first-order chi connectivity index (χ1) is 8.86. The SMILES string of the molecule is COc1cc(-c2ncno2)cc(C2CCCC2)n1. The molecule has 0 bridgehead atoms. The molecule has 5 heteroatoms.